The van der Waals surface area contributed by atoms with E-state index >= 15 is 0 Å². The van der Waals surface area contributed by atoms with Crippen molar-refractivity contribution >= 4 is 38.5 Å². The van der Waals surface area contributed by atoms with E-state index in [0.717, 1.165) is 29.5 Å². The quantitative estimate of drug-likeness (QED) is 0.658. The fourth-order valence-electron chi connectivity index (χ4n) is 2.90. The molecule has 3 rings (SSSR count). The largest absolute Gasteiger partial charge is 0.379 e. The number of thioether (sulfide) groups is 1. The lowest BCUT2D eigenvalue weighted by Crippen LogP contribution is -2.15. The van der Waals surface area contributed by atoms with Crippen molar-refractivity contribution in [2.24, 2.45) is 16.6 Å². The van der Waals surface area contributed by atoms with Crippen LogP contribution in [-0.2, 0) is 18.6 Å². The maximum Gasteiger partial charge on any atom is 0.259 e. The van der Waals surface area contributed by atoms with Gasteiger partial charge in [-0.05, 0) is 44.6 Å². The van der Waals surface area contributed by atoms with Gasteiger partial charge in [-0.15, -0.1) is 11.3 Å². The number of nitrogens with one attached hydrogen (secondary N) is 1. The molecule has 0 bridgehead atoms. The molecule has 0 aliphatic heterocycles. The Balaban J connectivity index is 1.89. The Morgan fingerprint density at radius 1 is 1.57 bits per heavy atom. The second kappa shape index (κ2) is 6.65. The summed E-state index contributed by atoms with van der Waals surface area (Å²) in [6, 6.07) is 0.169. The van der Waals surface area contributed by atoms with Crippen molar-refractivity contribution in [3.8, 4) is 0 Å². The molecule has 0 saturated heterocycles. The molecular formula is C16H22N4OS2. The zero-order valence-corrected chi connectivity index (χ0v) is 15.3. The number of aryl methyl sites for hydroxylation is 1. The van der Waals surface area contributed by atoms with Crippen molar-refractivity contribution < 1.29 is 0 Å². The highest BCUT2D eigenvalue weighted by Gasteiger charge is 2.22. The number of thiophene rings is 1. The summed E-state index contributed by atoms with van der Waals surface area (Å²) in [4.78, 5) is 26.5. The van der Waals surface area contributed by atoms with E-state index in [1.807, 2.05) is 13.8 Å². The third-order valence-electron chi connectivity index (χ3n) is 3.96. The molecule has 2 aromatic heterocycles. The summed E-state index contributed by atoms with van der Waals surface area (Å²) in [5, 5.41) is 1.33. The number of aromatic amines is 1. The Morgan fingerprint density at radius 3 is 3.09 bits per heavy atom. The second-order valence-electron chi connectivity index (χ2n) is 6.39. The zero-order valence-electron chi connectivity index (χ0n) is 13.7. The van der Waals surface area contributed by atoms with Gasteiger partial charge in [0.05, 0.1) is 11.1 Å². The number of nitrogens with two attached hydrogens (primary N) is 1. The lowest BCUT2D eigenvalue weighted by atomic mass is 9.89. The number of aliphatic imine (C=N–C) groups is 1. The normalized spacial score (nSPS) is 18.6. The zero-order chi connectivity index (χ0) is 16.6. The van der Waals surface area contributed by atoms with Crippen LogP contribution in [0.3, 0.4) is 0 Å². The van der Waals surface area contributed by atoms with E-state index in [0.29, 0.717) is 22.7 Å². The molecule has 2 aromatic rings. The van der Waals surface area contributed by atoms with Crippen molar-refractivity contribution in [3.05, 3.63) is 26.6 Å². The van der Waals surface area contributed by atoms with Gasteiger partial charge in [-0.25, -0.2) is 4.98 Å². The minimum Gasteiger partial charge on any atom is -0.379 e. The molecule has 0 fully saturated rings. The average molecular weight is 351 g/mol. The van der Waals surface area contributed by atoms with Crippen molar-refractivity contribution in [3.63, 3.8) is 0 Å². The van der Waals surface area contributed by atoms with Gasteiger partial charge in [0.15, 0.2) is 5.17 Å². The Hall–Kier alpha value is -1.34. The Labute approximate surface area is 143 Å². The molecule has 3 N–H and O–H groups in total. The van der Waals surface area contributed by atoms with Gasteiger partial charge >= 0.3 is 0 Å². The van der Waals surface area contributed by atoms with Crippen molar-refractivity contribution in [2.45, 2.75) is 51.8 Å². The van der Waals surface area contributed by atoms with Gasteiger partial charge in [-0.2, -0.15) is 0 Å². The lowest BCUT2D eigenvalue weighted by molar-refractivity contribution is 0.509. The summed E-state index contributed by atoms with van der Waals surface area (Å²) in [6.07, 6.45) is 3.20. The number of hydrogen-bond donors (Lipinski definition) is 2. The standard InChI is InChI=1S/C16H22N4OS2/c1-8(2)18-16(17)22-7-12-19-14(21)13-10-5-4-9(3)6-11(10)23-15(13)20-12/h8-9H,4-7H2,1-3H3,(H2,17,18)(H,19,20,21)/t9-/m1/s1. The summed E-state index contributed by atoms with van der Waals surface area (Å²) in [7, 11) is 0. The number of amidine groups is 1. The van der Waals surface area contributed by atoms with Gasteiger partial charge in [0, 0.05) is 10.9 Å². The van der Waals surface area contributed by atoms with E-state index in [9.17, 15) is 4.79 Å². The topological polar surface area (TPSA) is 84.1 Å². The average Bonchev–Trinajstić information content (AvgIpc) is 2.82. The van der Waals surface area contributed by atoms with E-state index in [-0.39, 0.29) is 11.6 Å². The highest BCUT2D eigenvalue weighted by Crippen LogP contribution is 2.35. The monoisotopic (exact) mass is 350 g/mol. The molecule has 2 heterocycles. The molecule has 7 heteroatoms. The van der Waals surface area contributed by atoms with Gasteiger partial charge in [-0.1, -0.05) is 18.7 Å². The number of rotatable bonds is 3. The minimum absolute atomic E-state index is 0.0166. The van der Waals surface area contributed by atoms with Crippen molar-refractivity contribution in [1.29, 1.82) is 0 Å². The number of nitrogens with zero attached hydrogens (tertiary/aromatic N) is 2. The summed E-state index contributed by atoms with van der Waals surface area (Å²) < 4.78 is 0. The van der Waals surface area contributed by atoms with Crippen LogP contribution in [0.4, 0.5) is 0 Å². The highest BCUT2D eigenvalue weighted by molar-refractivity contribution is 8.13. The third-order valence-corrected chi connectivity index (χ3v) is 5.92. The second-order valence-corrected chi connectivity index (χ2v) is 8.47. The van der Waals surface area contributed by atoms with Crippen LogP contribution in [-0.4, -0.2) is 21.2 Å². The van der Waals surface area contributed by atoms with Gasteiger partial charge in [0.2, 0.25) is 0 Å². The highest BCUT2D eigenvalue weighted by atomic mass is 32.2. The van der Waals surface area contributed by atoms with E-state index < -0.39 is 0 Å². The van der Waals surface area contributed by atoms with Crippen LogP contribution in [0.25, 0.3) is 10.2 Å². The van der Waals surface area contributed by atoms with Gasteiger partial charge < -0.3 is 10.7 Å². The van der Waals surface area contributed by atoms with Crippen LogP contribution in [0.15, 0.2) is 9.79 Å². The molecule has 0 unspecified atom stereocenters. The molecule has 1 aliphatic carbocycles. The predicted octanol–water partition coefficient (Wildman–Crippen LogP) is 3.07. The fraction of sp³-hybridized carbons (Fsp3) is 0.562. The lowest BCUT2D eigenvalue weighted by Gasteiger charge is -2.17. The molecular weight excluding hydrogens is 328 g/mol. The molecule has 0 spiro atoms. The first kappa shape index (κ1) is 16.5. The Kier molecular flexibility index (Phi) is 4.77. The molecule has 124 valence electrons. The summed E-state index contributed by atoms with van der Waals surface area (Å²) >= 11 is 3.08. The maximum atomic E-state index is 12.5. The van der Waals surface area contributed by atoms with Crippen LogP contribution < -0.4 is 11.3 Å². The molecule has 0 amide bonds. The molecule has 1 aliphatic rings. The van der Waals surface area contributed by atoms with Crippen LogP contribution in [0.5, 0.6) is 0 Å². The summed E-state index contributed by atoms with van der Waals surface area (Å²) in [5.74, 6) is 1.89. The number of fused-ring (bicyclic) bond motifs is 3. The van der Waals surface area contributed by atoms with E-state index in [4.69, 9.17) is 5.73 Å². The fourth-order valence-corrected chi connectivity index (χ4v) is 5.00. The predicted molar refractivity (Wildman–Crippen MR) is 99.5 cm³/mol. The van der Waals surface area contributed by atoms with E-state index in [1.54, 1.807) is 11.3 Å². The van der Waals surface area contributed by atoms with Crippen LogP contribution in [0.2, 0.25) is 0 Å². The number of H-pyrrole nitrogens is 1. The molecule has 1 atom stereocenters. The smallest absolute Gasteiger partial charge is 0.259 e. The maximum absolute atomic E-state index is 12.5. The Bertz CT molecular complexity index is 806. The summed E-state index contributed by atoms with van der Waals surface area (Å²) in [6.45, 7) is 6.23. The van der Waals surface area contributed by atoms with Crippen LogP contribution >= 0.6 is 23.1 Å². The first-order valence-corrected chi connectivity index (χ1v) is 9.73. The molecule has 5 nitrogen and oxygen atoms in total. The number of hydrogen-bond acceptors (Lipinski definition) is 5. The molecule has 23 heavy (non-hydrogen) atoms. The Morgan fingerprint density at radius 2 is 2.35 bits per heavy atom. The molecule has 0 radical (unpaired) electrons. The molecule has 0 aromatic carbocycles. The third kappa shape index (κ3) is 3.61. The van der Waals surface area contributed by atoms with Crippen LogP contribution in [0.1, 0.15) is 43.5 Å². The van der Waals surface area contributed by atoms with E-state index in [2.05, 4.69) is 21.9 Å². The van der Waals surface area contributed by atoms with Gasteiger partial charge in [0.1, 0.15) is 10.7 Å². The SMILES string of the molecule is CC(C)N=C(N)SCc1nc2sc3c(c2c(=O)[nH]1)CC[C@@H](C)C3. The van der Waals surface area contributed by atoms with Gasteiger partial charge in [0.25, 0.3) is 5.56 Å². The van der Waals surface area contributed by atoms with Gasteiger partial charge in [-0.3, -0.25) is 9.79 Å². The molecule has 0 saturated carbocycles. The number of aromatic nitrogens is 2. The summed E-state index contributed by atoms with van der Waals surface area (Å²) in [5.41, 5.74) is 7.07. The minimum atomic E-state index is -0.0166. The first-order chi connectivity index (χ1) is 10.9. The van der Waals surface area contributed by atoms with Crippen LogP contribution in [0, 0.1) is 5.92 Å². The first-order valence-electron chi connectivity index (χ1n) is 7.93. The van der Waals surface area contributed by atoms with E-state index in [1.165, 1.54) is 22.2 Å². The van der Waals surface area contributed by atoms with Crippen molar-refractivity contribution in [2.75, 3.05) is 0 Å². The van der Waals surface area contributed by atoms with Crippen molar-refractivity contribution in [1.82, 2.24) is 9.97 Å².